The Hall–Kier alpha value is -1.39. The summed E-state index contributed by atoms with van der Waals surface area (Å²) in [4.78, 5) is 11.1. The number of carbonyl (C=O) groups is 1. The average molecular weight is 176 g/mol. The van der Waals surface area contributed by atoms with E-state index in [1.807, 2.05) is 0 Å². The number of hydrogen-bond donors (Lipinski definition) is 2. The van der Waals surface area contributed by atoms with Crippen molar-refractivity contribution in [2.24, 2.45) is 0 Å². The molecule has 3 nitrogen and oxygen atoms in total. The Kier molecular flexibility index (Phi) is 3.00. The second-order valence-corrected chi connectivity index (χ2v) is 2.56. The maximum atomic E-state index is 11.1. The monoisotopic (exact) mass is 176 g/mol. The highest BCUT2D eigenvalue weighted by molar-refractivity contribution is 6.58. The molecule has 0 fully saturated rings. The molecule has 0 radical (unpaired) electrons. The molecule has 0 amide bonds. The van der Waals surface area contributed by atoms with E-state index in [1.54, 1.807) is 0 Å². The van der Waals surface area contributed by atoms with Crippen molar-refractivity contribution in [3.8, 4) is 0 Å². The van der Waals surface area contributed by atoms with Gasteiger partial charge in [0.05, 0.1) is 0 Å². The zero-order valence-corrected chi connectivity index (χ0v) is 6.97. The lowest BCUT2D eigenvalue weighted by molar-refractivity contribution is 0.104. The lowest BCUT2D eigenvalue weighted by atomic mass is 9.80. The second kappa shape index (κ2) is 4.02. The first-order chi connectivity index (χ1) is 6.15. The van der Waals surface area contributed by atoms with Crippen LogP contribution in [0.4, 0.5) is 0 Å². The Labute approximate surface area is 76.5 Å². The summed E-state index contributed by atoms with van der Waals surface area (Å²) < 4.78 is 0. The summed E-state index contributed by atoms with van der Waals surface area (Å²) >= 11 is 0. The molecule has 4 heteroatoms. The van der Waals surface area contributed by atoms with Crippen LogP contribution in [-0.2, 0) is 0 Å². The molecule has 0 atom stereocenters. The van der Waals surface area contributed by atoms with Gasteiger partial charge in [-0.1, -0.05) is 30.8 Å². The highest BCUT2D eigenvalue weighted by atomic mass is 16.4. The maximum absolute atomic E-state index is 11.1. The predicted octanol–water partition coefficient (Wildman–Crippen LogP) is -0.265. The Bertz CT molecular complexity index is 316. The molecule has 13 heavy (non-hydrogen) atoms. The quantitative estimate of drug-likeness (QED) is 0.378. The number of rotatable bonds is 3. The first-order valence-corrected chi connectivity index (χ1v) is 3.78. The van der Waals surface area contributed by atoms with Crippen molar-refractivity contribution in [3.05, 3.63) is 42.5 Å². The van der Waals surface area contributed by atoms with E-state index in [9.17, 15) is 4.79 Å². The Balaban J connectivity index is 2.93. The zero-order chi connectivity index (χ0) is 9.84. The summed E-state index contributed by atoms with van der Waals surface area (Å²) in [7, 11) is -1.49. The molecule has 0 heterocycles. The van der Waals surface area contributed by atoms with Crippen LogP contribution in [0.1, 0.15) is 10.4 Å². The highest BCUT2D eigenvalue weighted by Gasteiger charge is 2.10. The lowest BCUT2D eigenvalue weighted by Crippen LogP contribution is -2.29. The Morgan fingerprint density at radius 1 is 1.31 bits per heavy atom. The molecule has 1 aromatic rings. The van der Waals surface area contributed by atoms with Crippen LogP contribution in [0.15, 0.2) is 36.9 Å². The highest BCUT2D eigenvalue weighted by Crippen LogP contribution is 1.99. The van der Waals surface area contributed by atoms with Gasteiger partial charge in [0.2, 0.25) is 0 Å². The van der Waals surface area contributed by atoms with E-state index >= 15 is 0 Å². The number of benzene rings is 1. The van der Waals surface area contributed by atoms with Gasteiger partial charge in [-0.3, -0.25) is 4.79 Å². The minimum Gasteiger partial charge on any atom is -0.423 e. The molecule has 0 aliphatic carbocycles. The normalized spacial score (nSPS) is 9.38. The smallest absolute Gasteiger partial charge is 0.423 e. The van der Waals surface area contributed by atoms with Crippen LogP contribution in [0, 0.1) is 0 Å². The number of ketones is 1. The van der Waals surface area contributed by atoms with Gasteiger partial charge in [-0.25, -0.2) is 0 Å². The summed E-state index contributed by atoms with van der Waals surface area (Å²) in [5, 5.41) is 17.5. The van der Waals surface area contributed by atoms with Crippen LogP contribution in [-0.4, -0.2) is 22.9 Å². The molecule has 0 aliphatic heterocycles. The number of allylic oxidation sites excluding steroid dienone is 1. The topological polar surface area (TPSA) is 57.5 Å². The van der Waals surface area contributed by atoms with Crippen molar-refractivity contribution in [1.29, 1.82) is 0 Å². The van der Waals surface area contributed by atoms with Crippen LogP contribution in [0.25, 0.3) is 0 Å². The Morgan fingerprint density at radius 3 is 2.23 bits per heavy atom. The zero-order valence-electron chi connectivity index (χ0n) is 6.97. The summed E-state index contributed by atoms with van der Waals surface area (Å²) in [6.07, 6.45) is 1.21. The fourth-order valence-corrected chi connectivity index (χ4v) is 0.937. The summed E-state index contributed by atoms with van der Waals surface area (Å²) in [5.74, 6) is -0.182. The molecule has 1 aromatic carbocycles. The van der Waals surface area contributed by atoms with Crippen LogP contribution in [0.5, 0.6) is 0 Å². The third-order valence-electron chi connectivity index (χ3n) is 1.68. The predicted molar refractivity (Wildman–Crippen MR) is 50.8 cm³/mol. The van der Waals surface area contributed by atoms with E-state index in [0.717, 1.165) is 0 Å². The van der Waals surface area contributed by atoms with Gasteiger partial charge >= 0.3 is 7.12 Å². The van der Waals surface area contributed by atoms with Crippen molar-refractivity contribution < 1.29 is 14.8 Å². The summed E-state index contributed by atoms with van der Waals surface area (Å²) in [5.41, 5.74) is 0.847. The van der Waals surface area contributed by atoms with Gasteiger partial charge in [0.15, 0.2) is 5.78 Å². The fraction of sp³-hybridized carbons (Fsp3) is 0. The third kappa shape index (κ3) is 2.27. The lowest BCUT2D eigenvalue weighted by Gasteiger charge is -1.99. The number of carbonyl (C=O) groups excluding carboxylic acids is 1. The molecule has 0 unspecified atom stereocenters. The summed E-state index contributed by atoms with van der Waals surface area (Å²) in [6.45, 7) is 3.35. The van der Waals surface area contributed by atoms with Crippen molar-refractivity contribution in [3.63, 3.8) is 0 Å². The Morgan fingerprint density at radius 2 is 1.85 bits per heavy atom. The van der Waals surface area contributed by atoms with Crippen LogP contribution in [0.3, 0.4) is 0 Å². The SMILES string of the molecule is C=CC(=O)c1ccc(B(O)O)cc1. The van der Waals surface area contributed by atoms with E-state index < -0.39 is 7.12 Å². The van der Waals surface area contributed by atoms with Crippen LogP contribution < -0.4 is 5.46 Å². The molecule has 0 saturated carbocycles. The van der Waals surface area contributed by atoms with Gasteiger partial charge in [0.25, 0.3) is 0 Å². The van der Waals surface area contributed by atoms with Gasteiger partial charge in [-0.2, -0.15) is 0 Å². The molecule has 0 saturated heterocycles. The fourth-order valence-electron chi connectivity index (χ4n) is 0.937. The van der Waals surface area contributed by atoms with Crippen LogP contribution in [0.2, 0.25) is 0 Å². The maximum Gasteiger partial charge on any atom is 0.488 e. The van der Waals surface area contributed by atoms with Crippen molar-refractivity contribution in [1.82, 2.24) is 0 Å². The van der Waals surface area contributed by atoms with E-state index in [4.69, 9.17) is 10.0 Å². The van der Waals surface area contributed by atoms with Gasteiger partial charge in [0.1, 0.15) is 0 Å². The van der Waals surface area contributed by atoms with Gasteiger partial charge in [-0.05, 0) is 11.5 Å². The van der Waals surface area contributed by atoms with E-state index in [1.165, 1.54) is 30.3 Å². The van der Waals surface area contributed by atoms with Crippen molar-refractivity contribution in [2.75, 3.05) is 0 Å². The van der Waals surface area contributed by atoms with E-state index in [-0.39, 0.29) is 5.78 Å². The van der Waals surface area contributed by atoms with E-state index in [0.29, 0.717) is 11.0 Å². The van der Waals surface area contributed by atoms with Gasteiger partial charge in [-0.15, -0.1) is 0 Å². The molecule has 2 N–H and O–H groups in total. The molecule has 0 bridgehead atoms. The minimum absolute atomic E-state index is 0.182. The molecule has 0 aliphatic rings. The van der Waals surface area contributed by atoms with Gasteiger partial charge in [0, 0.05) is 5.56 Å². The third-order valence-corrected chi connectivity index (χ3v) is 1.68. The minimum atomic E-state index is -1.49. The second-order valence-electron chi connectivity index (χ2n) is 2.56. The van der Waals surface area contributed by atoms with E-state index in [2.05, 4.69) is 6.58 Å². The van der Waals surface area contributed by atoms with Crippen molar-refractivity contribution in [2.45, 2.75) is 0 Å². The number of hydrogen-bond acceptors (Lipinski definition) is 3. The molecule has 0 aromatic heterocycles. The molecular formula is C9H9BO3. The van der Waals surface area contributed by atoms with Crippen molar-refractivity contribution >= 4 is 18.4 Å². The summed E-state index contributed by atoms with van der Waals surface area (Å²) in [6, 6.07) is 6.03. The van der Waals surface area contributed by atoms with Gasteiger partial charge < -0.3 is 10.0 Å². The largest absolute Gasteiger partial charge is 0.488 e. The first kappa shape index (κ1) is 9.70. The molecule has 0 spiro atoms. The molecular weight excluding hydrogens is 167 g/mol. The first-order valence-electron chi connectivity index (χ1n) is 3.78. The molecule has 1 rings (SSSR count). The van der Waals surface area contributed by atoms with Crippen LogP contribution >= 0.6 is 0 Å². The molecule has 66 valence electrons. The average Bonchev–Trinajstić information content (AvgIpc) is 2.17. The standard InChI is InChI=1S/C9H9BO3/c1-2-9(11)7-3-5-8(6-4-7)10(12)13/h2-6,12-13H,1H2.